The van der Waals surface area contributed by atoms with Crippen LogP contribution in [0.4, 0.5) is 0 Å². The molecule has 0 saturated carbocycles. The first-order valence-electron chi connectivity index (χ1n) is 6.67. The normalized spacial score (nSPS) is 11.3. The highest BCUT2D eigenvalue weighted by molar-refractivity contribution is 4.81. The van der Waals surface area contributed by atoms with Crippen LogP contribution in [-0.4, -0.2) is 11.7 Å². The second kappa shape index (κ2) is 13.7. The summed E-state index contributed by atoms with van der Waals surface area (Å²) in [7, 11) is 0. The molecule has 0 aliphatic rings. The first-order valence-corrected chi connectivity index (χ1v) is 6.67. The van der Waals surface area contributed by atoms with Crippen LogP contribution in [0.5, 0.6) is 0 Å². The average molecular weight is 212 g/mol. The SMILES string of the molecule is CCCCCCCCC/C=C\CCCO. The maximum Gasteiger partial charge on any atom is 0.0433 e. The first-order chi connectivity index (χ1) is 7.41. The van der Waals surface area contributed by atoms with Crippen LogP contribution in [0.25, 0.3) is 0 Å². The van der Waals surface area contributed by atoms with E-state index in [-0.39, 0.29) is 0 Å². The molecule has 0 aromatic rings. The molecule has 0 aromatic carbocycles. The summed E-state index contributed by atoms with van der Waals surface area (Å²) < 4.78 is 0. The van der Waals surface area contributed by atoms with Crippen LogP contribution < -0.4 is 0 Å². The summed E-state index contributed by atoms with van der Waals surface area (Å²) in [4.78, 5) is 0. The highest BCUT2D eigenvalue weighted by atomic mass is 16.2. The molecule has 0 aromatic heterocycles. The van der Waals surface area contributed by atoms with Crippen molar-refractivity contribution in [3.05, 3.63) is 12.2 Å². The molecule has 0 bridgehead atoms. The highest BCUT2D eigenvalue weighted by Gasteiger charge is 1.89. The second-order valence-electron chi connectivity index (χ2n) is 4.25. The first kappa shape index (κ1) is 14.7. The molecular formula is C14H28O. The van der Waals surface area contributed by atoms with E-state index in [9.17, 15) is 0 Å². The molecule has 0 rings (SSSR count). The van der Waals surface area contributed by atoms with E-state index in [4.69, 9.17) is 5.11 Å². The largest absolute Gasteiger partial charge is 0.396 e. The van der Waals surface area contributed by atoms with Gasteiger partial charge >= 0.3 is 0 Å². The molecule has 0 aliphatic heterocycles. The Morgan fingerprint density at radius 1 is 0.733 bits per heavy atom. The van der Waals surface area contributed by atoms with Crippen LogP contribution >= 0.6 is 0 Å². The number of aliphatic hydroxyl groups is 1. The molecule has 0 fully saturated rings. The van der Waals surface area contributed by atoms with E-state index >= 15 is 0 Å². The minimum Gasteiger partial charge on any atom is -0.396 e. The third kappa shape index (κ3) is 13.7. The summed E-state index contributed by atoms with van der Waals surface area (Å²) in [5.74, 6) is 0. The molecule has 0 saturated heterocycles. The Hall–Kier alpha value is -0.300. The lowest BCUT2D eigenvalue weighted by molar-refractivity contribution is 0.289. The van der Waals surface area contributed by atoms with Crippen LogP contribution in [0.2, 0.25) is 0 Å². The molecule has 90 valence electrons. The lowest BCUT2D eigenvalue weighted by Crippen LogP contribution is -1.80. The van der Waals surface area contributed by atoms with Crippen molar-refractivity contribution in [2.75, 3.05) is 6.61 Å². The molecule has 1 N–H and O–H groups in total. The molecule has 0 amide bonds. The second-order valence-corrected chi connectivity index (χ2v) is 4.25. The van der Waals surface area contributed by atoms with E-state index < -0.39 is 0 Å². The summed E-state index contributed by atoms with van der Waals surface area (Å²) >= 11 is 0. The Morgan fingerprint density at radius 3 is 1.87 bits per heavy atom. The maximum atomic E-state index is 8.58. The summed E-state index contributed by atoms with van der Waals surface area (Å²) in [5, 5.41) is 8.58. The van der Waals surface area contributed by atoms with Crippen molar-refractivity contribution in [2.45, 2.75) is 71.1 Å². The predicted molar refractivity (Wildman–Crippen MR) is 68.1 cm³/mol. The van der Waals surface area contributed by atoms with Gasteiger partial charge in [0.15, 0.2) is 0 Å². The molecule has 0 radical (unpaired) electrons. The number of rotatable bonds is 11. The zero-order valence-electron chi connectivity index (χ0n) is 10.4. The van der Waals surface area contributed by atoms with Crippen molar-refractivity contribution in [1.29, 1.82) is 0 Å². The van der Waals surface area contributed by atoms with Crippen LogP contribution in [0.15, 0.2) is 12.2 Å². The van der Waals surface area contributed by atoms with Crippen molar-refractivity contribution >= 4 is 0 Å². The Bertz CT molecular complexity index is 129. The Balaban J connectivity index is 2.95. The summed E-state index contributed by atoms with van der Waals surface area (Å²) in [5.41, 5.74) is 0. The molecule has 0 aliphatic carbocycles. The Kier molecular flexibility index (Phi) is 13.4. The Labute approximate surface area is 95.6 Å². The number of allylic oxidation sites excluding steroid dienone is 2. The third-order valence-electron chi connectivity index (χ3n) is 2.67. The van der Waals surface area contributed by atoms with Crippen LogP contribution in [0.1, 0.15) is 71.1 Å². The fourth-order valence-electron chi connectivity index (χ4n) is 1.66. The van der Waals surface area contributed by atoms with Gasteiger partial charge in [-0.15, -0.1) is 0 Å². The molecule has 0 spiro atoms. The average Bonchev–Trinajstić information content (AvgIpc) is 2.26. The van der Waals surface area contributed by atoms with E-state index in [1.165, 1.54) is 51.4 Å². The molecular weight excluding hydrogens is 184 g/mol. The van der Waals surface area contributed by atoms with Crippen molar-refractivity contribution in [1.82, 2.24) is 0 Å². The minimum absolute atomic E-state index is 0.321. The summed E-state index contributed by atoms with van der Waals surface area (Å²) in [6.07, 6.45) is 17.3. The van der Waals surface area contributed by atoms with Crippen molar-refractivity contribution < 1.29 is 5.11 Å². The van der Waals surface area contributed by atoms with E-state index in [2.05, 4.69) is 19.1 Å². The predicted octanol–water partition coefficient (Wildman–Crippen LogP) is 4.46. The van der Waals surface area contributed by atoms with Gasteiger partial charge in [-0.2, -0.15) is 0 Å². The van der Waals surface area contributed by atoms with Gasteiger partial charge in [-0.1, -0.05) is 57.6 Å². The standard InChI is InChI=1S/C14H28O/c1-2-3-4-5-6-7-8-9-10-11-12-13-14-15/h10-11,15H,2-9,12-14H2,1H3/b11-10-. The number of aliphatic hydroxyl groups excluding tert-OH is 1. The lowest BCUT2D eigenvalue weighted by Gasteiger charge is -1.98. The van der Waals surface area contributed by atoms with Crippen LogP contribution in [-0.2, 0) is 0 Å². The summed E-state index contributed by atoms with van der Waals surface area (Å²) in [6.45, 7) is 2.58. The third-order valence-corrected chi connectivity index (χ3v) is 2.67. The zero-order valence-corrected chi connectivity index (χ0v) is 10.4. The van der Waals surface area contributed by atoms with Crippen molar-refractivity contribution in [3.63, 3.8) is 0 Å². The molecule has 15 heavy (non-hydrogen) atoms. The van der Waals surface area contributed by atoms with Gasteiger partial charge in [0.1, 0.15) is 0 Å². The van der Waals surface area contributed by atoms with Crippen molar-refractivity contribution in [3.8, 4) is 0 Å². The van der Waals surface area contributed by atoms with Gasteiger partial charge in [-0.3, -0.25) is 0 Å². The lowest BCUT2D eigenvalue weighted by atomic mass is 10.1. The van der Waals surface area contributed by atoms with Crippen LogP contribution in [0.3, 0.4) is 0 Å². The fourth-order valence-corrected chi connectivity index (χ4v) is 1.66. The van der Waals surface area contributed by atoms with Gasteiger partial charge in [0.05, 0.1) is 0 Å². The topological polar surface area (TPSA) is 20.2 Å². The molecule has 1 heteroatoms. The van der Waals surface area contributed by atoms with E-state index in [0.29, 0.717) is 6.61 Å². The highest BCUT2D eigenvalue weighted by Crippen LogP contribution is 2.08. The van der Waals surface area contributed by atoms with Gasteiger partial charge in [0.25, 0.3) is 0 Å². The fraction of sp³-hybridized carbons (Fsp3) is 0.857. The van der Waals surface area contributed by atoms with Gasteiger partial charge < -0.3 is 5.11 Å². The van der Waals surface area contributed by atoms with Gasteiger partial charge in [-0.25, -0.2) is 0 Å². The van der Waals surface area contributed by atoms with E-state index in [0.717, 1.165) is 12.8 Å². The van der Waals surface area contributed by atoms with Crippen LogP contribution in [0, 0.1) is 0 Å². The van der Waals surface area contributed by atoms with Crippen molar-refractivity contribution in [2.24, 2.45) is 0 Å². The smallest absolute Gasteiger partial charge is 0.0433 e. The monoisotopic (exact) mass is 212 g/mol. The Morgan fingerprint density at radius 2 is 1.27 bits per heavy atom. The van der Waals surface area contributed by atoms with E-state index in [1.54, 1.807) is 0 Å². The number of hydrogen-bond acceptors (Lipinski definition) is 1. The molecule has 0 atom stereocenters. The van der Waals surface area contributed by atoms with E-state index in [1.807, 2.05) is 0 Å². The minimum atomic E-state index is 0.321. The summed E-state index contributed by atoms with van der Waals surface area (Å²) in [6, 6.07) is 0. The molecule has 0 heterocycles. The van der Waals surface area contributed by atoms with Gasteiger partial charge in [0, 0.05) is 6.61 Å². The van der Waals surface area contributed by atoms with Gasteiger partial charge in [-0.05, 0) is 25.7 Å². The maximum absolute atomic E-state index is 8.58. The number of hydrogen-bond donors (Lipinski definition) is 1. The zero-order chi connectivity index (χ0) is 11.2. The molecule has 1 nitrogen and oxygen atoms in total. The molecule has 0 unspecified atom stereocenters. The number of unbranched alkanes of at least 4 members (excludes halogenated alkanes) is 8. The quantitative estimate of drug-likeness (QED) is 0.396. The van der Waals surface area contributed by atoms with Gasteiger partial charge in [0.2, 0.25) is 0 Å².